The minimum Gasteiger partial charge on any atom is -0.393 e. The lowest BCUT2D eigenvalue weighted by molar-refractivity contribution is -0.176. The fourth-order valence-electron chi connectivity index (χ4n) is 8.40. The van der Waals surface area contributed by atoms with Crippen molar-refractivity contribution in [1.29, 1.82) is 0 Å². The molecule has 7 nitrogen and oxygen atoms in total. The molecular formula is C27H44O7. The highest BCUT2D eigenvalue weighted by Gasteiger charge is 2.69. The predicted octanol–water partition coefficient (Wildman–Crippen LogP) is 1.71. The second kappa shape index (κ2) is 8.35. The third-order valence-electron chi connectivity index (χ3n) is 10.4. The number of ketones is 1. The van der Waals surface area contributed by atoms with Gasteiger partial charge < -0.3 is 30.6 Å². The van der Waals surface area contributed by atoms with Crippen LogP contribution in [0.1, 0.15) is 79.6 Å². The van der Waals surface area contributed by atoms with Crippen LogP contribution in [0.4, 0.5) is 0 Å². The second-order valence-corrected chi connectivity index (χ2v) is 13.1. The largest absolute Gasteiger partial charge is 0.393 e. The Morgan fingerprint density at radius 1 is 1.12 bits per heavy atom. The number of aliphatic hydroxyl groups excluding tert-OH is 4. The first kappa shape index (κ1) is 26.2. The number of carbonyl (C=O) groups excluding carboxylic acids is 1. The monoisotopic (exact) mass is 480 g/mol. The molecule has 11 unspecified atom stereocenters. The lowest BCUT2D eigenvalue weighted by atomic mass is 9.45. The first-order valence-corrected chi connectivity index (χ1v) is 13.0. The van der Waals surface area contributed by atoms with Crippen LogP contribution in [0.15, 0.2) is 11.6 Å². The Balaban J connectivity index is 1.67. The van der Waals surface area contributed by atoms with Gasteiger partial charge in [-0.1, -0.05) is 20.8 Å². The number of hydrogen-bond acceptors (Lipinski definition) is 7. The summed E-state index contributed by atoms with van der Waals surface area (Å²) in [7, 11) is 0. The molecule has 4 aliphatic carbocycles. The summed E-state index contributed by atoms with van der Waals surface area (Å²) in [6, 6.07) is 0. The zero-order chi connectivity index (χ0) is 25.4. The predicted molar refractivity (Wildman–Crippen MR) is 127 cm³/mol. The Kier molecular flexibility index (Phi) is 6.45. The van der Waals surface area contributed by atoms with E-state index < -0.39 is 58.3 Å². The molecule has 194 valence electrons. The molecule has 0 bridgehead atoms. The van der Waals surface area contributed by atoms with Gasteiger partial charge in [-0.05, 0) is 87.7 Å². The van der Waals surface area contributed by atoms with E-state index in [2.05, 4.69) is 0 Å². The lowest BCUT2D eigenvalue weighted by Gasteiger charge is -2.61. The SMILES string of the molecule is CC(C(O)CCC(C)(C)O)C1CCC2(O)C3=CC(=O)C4CC(O)C(O)CC4(C)C3C(O)CC12C. The summed E-state index contributed by atoms with van der Waals surface area (Å²) in [5, 5.41) is 65.4. The van der Waals surface area contributed by atoms with E-state index >= 15 is 0 Å². The maximum absolute atomic E-state index is 13.3. The molecule has 0 spiro atoms. The van der Waals surface area contributed by atoms with Crippen LogP contribution in [0.3, 0.4) is 0 Å². The van der Waals surface area contributed by atoms with Crippen molar-refractivity contribution in [2.45, 2.75) is 115 Å². The van der Waals surface area contributed by atoms with Gasteiger partial charge in [0.15, 0.2) is 5.78 Å². The van der Waals surface area contributed by atoms with Crippen LogP contribution in [0.5, 0.6) is 0 Å². The normalized spacial score (nSPS) is 48.4. The van der Waals surface area contributed by atoms with E-state index in [9.17, 15) is 35.4 Å². The van der Waals surface area contributed by atoms with Gasteiger partial charge in [0.05, 0.1) is 35.6 Å². The molecule has 0 aromatic rings. The van der Waals surface area contributed by atoms with Gasteiger partial charge in [0, 0.05) is 17.3 Å². The van der Waals surface area contributed by atoms with Gasteiger partial charge in [0.25, 0.3) is 0 Å². The van der Waals surface area contributed by atoms with Crippen LogP contribution in [-0.2, 0) is 4.79 Å². The average Bonchev–Trinajstić information content (AvgIpc) is 2.98. The minimum absolute atomic E-state index is 0.0646. The van der Waals surface area contributed by atoms with E-state index in [0.29, 0.717) is 37.7 Å². The molecule has 0 aromatic heterocycles. The molecule has 3 fully saturated rings. The highest BCUT2D eigenvalue weighted by Crippen LogP contribution is 2.68. The number of fused-ring (bicyclic) bond motifs is 5. The maximum atomic E-state index is 13.3. The van der Waals surface area contributed by atoms with Crippen molar-refractivity contribution in [3.05, 3.63) is 11.6 Å². The quantitative estimate of drug-likeness (QED) is 0.352. The molecular weight excluding hydrogens is 436 g/mol. The molecule has 0 heterocycles. The molecule has 4 aliphatic rings. The molecule has 11 atom stereocenters. The van der Waals surface area contributed by atoms with Crippen LogP contribution in [0.25, 0.3) is 0 Å². The van der Waals surface area contributed by atoms with Crippen molar-refractivity contribution >= 4 is 5.78 Å². The third kappa shape index (κ3) is 3.82. The Bertz CT molecular complexity index is 848. The summed E-state index contributed by atoms with van der Waals surface area (Å²) in [4.78, 5) is 13.3. The van der Waals surface area contributed by atoms with E-state index in [0.717, 1.165) is 0 Å². The topological polar surface area (TPSA) is 138 Å². The van der Waals surface area contributed by atoms with Gasteiger partial charge in [-0.2, -0.15) is 0 Å². The van der Waals surface area contributed by atoms with Crippen molar-refractivity contribution in [3.8, 4) is 0 Å². The average molecular weight is 481 g/mol. The third-order valence-corrected chi connectivity index (χ3v) is 10.4. The Morgan fingerprint density at radius 3 is 2.38 bits per heavy atom. The molecule has 7 heteroatoms. The number of allylic oxidation sites excluding steroid dienone is 1. The first-order chi connectivity index (χ1) is 15.5. The number of aliphatic hydroxyl groups is 6. The van der Waals surface area contributed by atoms with E-state index in [4.69, 9.17) is 0 Å². The van der Waals surface area contributed by atoms with Crippen molar-refractivity contribution in [3.63, 3.8) is 0 Å². The van der Waals surface area contributed by atoms with Crippen molar-refractivity contribution in [2.24, 2.45) is 34.5 Å². The zero-order valence-electron chi connectivity index (χ0n) is 21.2. The molecule has 0 amide bonds. The molecule has 0 saturated heterocycles. The summed E-state index contributed by atoms with van der Waals surface area (Å²) >= 11 is 0. The Hall–Kier alpha value is -0.830. The van der Waals surface area contributed by atoms with Crippen LogP contribution in [-0.4, -0.2) is 72.0 Å². The number of carbonyl (C=O) groups is 1. The summed E-state index contributed by atoms with van der Waals surface area (Å²) in [6.07, 6.45) is 0.869. The lowest BCUT2D eigenvalue weighted by Crippen LogP contribution is -2.64. The molecule has 6 N–H and O–H groups in total. The molecule has 4 rings (SSSR count). The van der Waals surface area contributed by atoms with E-state index in [-0.39, 0.29) is 30.5 Å². The molecule has 0 radical (unpaired) electrons. The Morgan fingerprint density at radius 2 is 1.76 bits per heavy atom. The second-order valence-electron chi connectivity index (χ2n) is 13.1. The smallest absolute Gasteiger partial charge is 0.159 e. The minimum atomic E-state index is -1.28. The summed E-state index contributed by atoms with van der Waals surface area (Å²) in [6.45, 7) is 9.31. The number of hydrogen-bond donors (Lipinski definition) is 6. The van der Waals surface area contributed by atoms with Crippen LogP contribution in [0, 0.1) is 34.5 Å². The summed E-state index contributed by atoms with van der Waals surface area (Å²) < 4.78 is 0. The maximum Gasteiger partial charge on any atom is 0.159 e. The van der Waals surface area contributed by atoms with Gasteiger partial charge in [-0.15, -0.1) is 0 Å². The van der Waals surface area contributed by atoms with Crippen molar-refractivity contribution in [2.75, 3.05) is 0 Å². The van der Waals surface area contributed by atoms with Gasteiger partial charge in [0.1, 0.15) is 0 Å². The number of rotatable bonds is 5. The van der Waals surface area contributed by atoms with Crippen LogP contribution >= 0.6 is 0 Å². The zero-order valence-corrected chi connectivity index (χ0v) is 21.2. The van der Waals surface area contributed by atoms with Crippen LogP contribution < -0.4 is 0 Å². The Labute approximate surface area is 202 Å². The van der Waals surface area contributed by atoms with E-state index in [1.807, 2.05) is 20.8 Å². The summed E-state index contributed by atoms with van der Waals surface area (Å²) in [5.41, 5.74) is -3.04. The fraction of sp³-hybridized carbons (Fsp3) is 0.889. The molecule has 0 aromatic carbocycles. The first-order valence-electron chi connectivity index (χ1n) is 13.0. The van der Waals surface area contributed by atoms with Gasteiger partial charge in [-0.25, -0.2) is 0 Å². The van der Waals surface area contributed by atoms with Crippen LogP contribution in [0.2, 0.25) is 0 Å². The molecule has 0 aliphatic heterocycles. The highest BCUT2D eigenvalue weighted by atomic mass is 16.3. The highest BCUT2D eigenvalue weighted by molar-refractivity contribution is 5.95. The van der Waals surface area contributed by atoms with Crippen molar-refractivity contribution in [1.82, 2.24) is 0 Å². The van der Waals surface area contributed by atoms with E-state index in [1.54, 1.807) is 13.8 Å². The van der Waals surface area contributed by atoms with Crippen molar-refractivity contribution < 1.29 is 35.4 Å². The molecule has 34 heavy (non-hydrogen) atoms. The van der Waals surface area contributed by atoms with Gasteiger partial charge >= 0.3 is 0 Å². The van der Waals surface area contributed by atoms with E-state index in [1.165, 1.54) is 6.08 Å². The van der Waals surface area contributed by atoms with Gasteiger partial charge in [-0.3, -0.25) is 4.79 Å². The fourth-order valence-corrected chi connectivity index (χ4v) is 8.40. The van der Waals surface area contributed by atoms with Gasteiger partial charge in [0.2, 0.25) is 0 Å². The molecule has 3 saturated carbocycles. The standard InChI is InChI=1S/C27H44O7/c1-14(18(28)7-8-24(2,3)33)15-6-9-27(34)17-11-19(29)16-10-20(30)21(31)12-25(16,4)23(17)22(32)13-26(15,27)5/h11,14-16,18,20-23,28,30-34H,6-10,12-13H2,1-5H3. The summed E-state index contributed by atoms with van der Waals surface area (Å²) in [5.74, 6) is -1.33.